The molecule has 0 N–H and O–H groups in total. The van der Waals surface area contributed by atoms with Gasteiger partial charge >= 0.3 is 17.9 Å². The lowest BCUT2D eigenvalue weighted by atomic mass is 10.0. The third-order valence-corrected chi connectivity index (χ3v) is 13.8. The van der Waals surface area contributed by atoms with Crippen molar-refractivity contribution in [2.75, 3.05) is 13.2 Å². The fourth-order valence-electron chi connectivity index (χ4n) is 8.93. The molecule has 0 bridgehead atoms. The Morgan fingerprint density at radius 3 is 0.815 bits per heavy atom. The summed E-state index contributed by atoms with van der Waals surface area (Å²) >= 11 is 0. The minimum atomic E-state index is -0.843. The number of esters is 3. The second kappa shape index (κ2) is 67.8. The molecule has 81 heavy (non-hydrogen) atoms. The lowest BCUT2D eigenvalue weighted by Gasteiger charge is -2.18. The normalized spacial score (nSPS) is 13.1. The van der Waals surface area contributed by atoms with E-state index in [0.717, 1.165) is 122 Å². The zero-order valence-corrected chi connectivity index (χ0v) is 52.5. The van der Waals surface area contributed by atoms with Crippen molar-refractivity contribution >= 4 is 17.9 Å². The van der Waals surface area contributed by atoms with Crippen LogP contribution in [0.2, 0.25) is 0 Å². The van der Waals surface area contributed by atoms with E-state index >= 15 is 0 Å². The Kier molecular flexibility index (Phi) is 63.9. The van der Waals surface area contributed by atoms with E-state index in [2.05, 4.69) is 154 Å². The van der Waals surface area contributed by atoms with Gasteiger partial charge in [-0.1, -0.05) is 295 Å². The van der Waals surface area contributed by atoms with Gasteiger partial charge in [-0.3, -0.25) is 14.4 Å². The molecule has 1 unspecified atom stereocenters. The minimum Gasteiger partial charge on any atom is -0.462 e. The summed E-state index contributed by atoms with van der Waals surface area (Å²) in [6, 6.07) is 0. The number of hydrogen-bond donors (Lipinski definition) is 0. The largest absolute Gasteiger partial charge is 0.462 e. The summed E-state index contributed by atoms with van der Waals surface area (Å²) in [5.74, 6) is -1.07. The van der Waals surface area contributed by atoms with Crippen molar-refractivity contribution in [3.63, 3.8) is 0 Å². The number of rotatable bonds is 59. The first-order valence-corrected chi connectivity index (χ1v) is 33.3. The van der Waals surface area contributed by atoms with Crippen LogP contribution in [0.15, 0.2) is 146 Å². The Bertz CT molecular complexity index is 1760. The van der Waals surface area contributed by atoms with Crippen molar-refractivity contribution in [2.45, 2.75) is 297 Å². The van der Waals surface area contributed by atoms with Crippen LogP contribution in [0, 0.1) is 0 Å². The summed E-state index contributed by atoms with van der Waals surface area (Å²) in [6.45, 7) is 6.30. The van der Waals surface area contributed by atoms with E-state index in [1.54, 1.807) is 6.08 Å². The SMILES string of the molecule is CC/C=C\C/C=C\C/C=C\C/C=C\C/C=C\CCCCCCCCCCCCCCCCCCCC(=O)OCC(COC(=O)CCCCCCC/C=C\C/C=C\CCCCC)OC(=O)C/C=C\C/C=C\C/C=C\C/C=C\C/C=C\CC. The van der Waals surface area contributed by atoms with Gasteiger partial charge in [-0.15, -0.1) is 0 Å². The molecule has 0 heterocycles. The van der Waals surface area contributed by atoms with E-state index in [1.807, 2.05) is 6.08 Å². The van der Waals surface area contributed by atoms with Gasteiger partial charge < -0.3 is 14.2 Å². The van der Waals surface area contributed by atoms with Crippen LogP contribution in [-0.4, -0.2) is 37.2 Å². The second-order valence-corrected chi connectivity index (χ2v) is 21.6. The number of carbonyl (C=O) groups is 3. The fourth-order valence-corrected chi connectivity index (χ4v) is 8.93. The van der Waals surface area contributed by atoms with Crippen LogP contribution < -0.4 is 0 Å². The van der Waals surface area contributed by atoms with Crippen LogP contribution in [0.3, 0.4) is 0 Å². The summed E-state index contributed by atoms with van der Waals surface area (Å²) in [6.07, 6.45) is 97.6. The molecule has 0 aliphatic rings. The Hall–Kier alpha value is -4.71. The Morgan fingerprint density at radius 1 is 0.272 bits per heavy atom. The topological polar surface area (TPSA) is 78.9 Å². The fraction of sp³-hybridized carbons (Fsp3) is 0.640. The van der Waals surface area contributed by atoms with Gasteiger partial charge in [0.1, 0.15) is 13.2 Å². The van der Waals surface area contributed by atoms with Crippen LogP contribution in [0.25, 0.3) is 0 Å². The van der Waals surface area contributed by atoms with Gasteiger partial charge in [0.05, 0.1) is 6.42 Å². The maximum atomic E-state index is 12.8. The van der Waals surface area contributed by atoms with Crippen molar-refractivity contribution in [3.8, 4) is 0 Å². The average Bonchev–Trinajstić information content (AvgIpc) is 3.47. The lowest BCUT2D eigenvalue weighted by Crippen LogP contribution is -2.30. The highest BCUT2D eigenvalue weighted by Gasteiger charge is 2.19. The summed E-state index contributed by atoms with van der Waals surface area (Å²) in [7, 11) is 0. The van der Waals surface area contributed by atoms with E-state index in [4.69, 9.17) is 14.2 Å². The molecule has 0 radical (unpaired) electrons. The molecule has 0 aromatic carbocycles. The van der Waals surface area contributed by atoms with E-state index in [0.29, 0.717) is 19.3 Å². The monoisotopic (exact) mass is 1120 g/mol. The van der Waals surface area contributed by atoms with Gasteiger partial charge in [0.25, 0.3) is 0 Å². The number of unbranched alkanes of at least 4 members (excludes halogenated alkanes) is 25. The van der Waals surface area contributed by atoms with Crippen LogP contribution >= 0.6 is 0 Å². The smallest absolute Gasteiger partial charge is 0.310 e. The number of hydrogen-bond acceptors (Lipinski definition) is 6. The zero-order chi connectivity index (χ0) is 58.5. The van der Waals surface area contributed by atoms with Gasteiger partial charge in [-0.05, 0) is 122 Å². The van der Waals surface area contributed by atoms with Crippen LogP contribution in [0.5, 0.6) is 0 Å². The van der Waals surface area contributed by atoms with E-state index < -0.39 is 12.1 Å². The van der Waals surface area contributed by atoms with Crippen molar-refractivity contribution in [3.05, 3.63) is 146 Å². The van der Waals surface area contributed by atoms with Gasteiger partial charge in [0.15, 0.2) is 6.10 Å². The van der Waals surface area contributed by atoms with Gasteiger partial charge in [0, 0.05) is 12.8 Å². The molecule has 0 aromatic rings. The Balaban J connectivity index is 4.27. The molecule has 0 fully saturated rings. The average molecular weight is 1120 g/mol. The predicted octanol–water partition coefficient (Wildman–Crippen LogP) is 23.1. The van der Waals surface area contributed by atoms with Crippen LogP contribution in [0.4, 0.5) is 0 Å². The molecular formula is C75H122O6. The maximum absolute atomic E-state index is 12.8. The second-order valence-electron chi connectivity index (χ2n) is 21.6. The predicted molar refractivity (Wildman–Crippen MR) is 352 cm³/mol. The van der Waals surface area contributed by atoms with Gasteiger partial charge in [0.2, 0.25) is 0 Å². The molecule has 458 valence electrons. The van der Waals surface area contributed by atoms with Crippen molar-refractivity contribution in [1.82, 2.24) is 0 Å². The highest BCUT2D eigenvalue weighted by Crippen LogP contribution is 2.16. The van der Waals surface area contributed by atoms with Crippen LogP contribution in [0.1, 0.15) is 290 Å². The van der Waals surface area contributed by atoms with Crippen molar-refractivity contribution in [1.29, 1.82) is 0 Å². The first-order valence-electron chi connectivity index (χ1n) is 33.3. The molecule has 0 spiro atoms. The zero-order valence-electron chi connectivity index (χ0n) is 52.5. The van der Waals surface area contributed by atoms with Crippen molar-refractivity contribution in [2.24, 2.45) is 0 Å². The molecule has 0 aliphatic heterocycles. The number of carbonyl (C=O) groups excluding carboxylic acids is 3. The first kappa shape index (κ1) is 76.3. The van der Waals surface area contributed by atoms with E-state index in [1.165, 1.54) is 122 Å². The maximum Gasteiger partial charge on any atom is 0.310 e. The Morgan fingerprint density at radius 2 is 0.519 bits per heavy atom. The third-order valence-electron chi connectivity index (χ3n) is 13.8. The molecule has 0 amide bonds. The highest BCUT2D eigenvalue weighted by atomic mass is 16.6. The number of allylic oxidation sites excluding steroid dienone is 23. The summed E-state index contributed by atoms with van der Waals surface area (Å²) in [5, 5.41) is 0. The molecule has 6 heteroatoms. The Labute approximate surface area is 499 Å². The molecule has 0 aliphatic carbocycles. The molecular weight excluding hydrogens is 997 g/mol. The van der Waals surface area contributed by atoms with Crippen LogP contribution in [-0.2, 0) is 28.6 Å². The summed E-state index contributed by atoms with van der Waals surface area (Å²) in [5.41, 5.74) is 0. The molecule has 0 saturated carbocycles. The molecule has 0 saturated heterocycles. The number of ether oxygens (including phenoxy) is 3. The molecule has 0 aromatic heterocycles. The standard InChI is InChI=1S/C75H122O6/c1-4-7-10-13-16-19-22-25-28-29-30-31-32-33-34-35-36-37-38-39-40-41-42-43-44-45-48-50-53-56-59-62-65-68-74(77)80-71-72(81-75(78)69-66-63-60-57-54-51-47-27-24-21-18-15-12-9-6-3)70-79-73(76)67-64-61-58-55-52-49-46-26-23-20-17-14-11-8-5-2/h7,9-10,12,16-21,25-28,30-31,33-34,46-47,54,57,63,66,72H,4-6,8,11,13-15,22-24,29,32,35-45,48-53,55-56,58-62,64-65,67-71H2,1-3H3/b10-7-,12-9-,19-16-,20-17-,21-18-,28-25-,31-30-,34-33-,46-26-,47-27-,57-54-,66-63-. The highest BCUT2D eigenvalue weighted by molar-refractivity contribution is 5.72. The third kappa shape index (κ3) is 66.0. The van der Waals surface area contributed by atoms with E-state index in [-0.39, 0.29) is 31.6 Å². The lowest BCUT2D eigenvalue weighted by molar-refractivity contribution is -0.166. The molecule has 0 rings (SSSR count). The first-order chi connectivity index (χ1) is 40.0. The molecule has 1 atom stereocenters. The van der Waals surface area contributed by atoms with E-state index in [9.17, 15) is 14.4 Å². The van der Waals surface area contributed by atoms with Crippen molar-refractivity contribution < 1.29 is 28.6 Å². The summed E-state index contributed by atoms with van der Waals surface area (Å²) in [4.78, 5) is 38.2. The summed E-state index contributed by atoms with van der Waals surface area (Å²) < 4.78 is 16.8. The van der Waals surface area contributed by atoms with Gasteiger partial charge in [-0.2, -0.15) is 0 Å². The minimum absolute atomic E-state index is 0.0902. The molecule has 6 nitrogen and oxygen atoms in total. The van der Waals surface area contributed by atoms with Gasteiger partial charge in [-0.25, -0.2) is 0 Å². The quantitative estimate of drug-likeness (QED) is 0.0261.